The molecular weight excluding hydrogens is 812 g/mol. The number of piperidine rings is 3. The minimum Gasteiger partial charge on any atom is -0.384 e. The average molecular weight is 867 g/mol. The van der Waals surface area contributed by atoms with Crippen molar-refractivity contribution in [2.45, 2.75) is 102 Å². The number of anilines is 4. The molecule has 0 spiro atoms. The highest BCUT2D eigenvalue weighted by molar-refractivity contribution is 6.25. The first-order chi connectivity index (χ1) is 30.5. The number of halogens is 1. The fourth-order valence-corrected chi connectivity index (χ4v) is 8.95. The van der Waals surface area contributed by atoms with Crippen molar-refractivity contribution in [3.63, 3.8) is 0 Å². The number of alkyl halides is 1. The van der Waals surface area contributed by atoms with Crippen LogP contribution in [-0.4, -0.2) is 135 Å². The minimum atomic E-state index is -1.13. The van der Waals surface area contributed by atoms with Crippen LogP contribution in [0.2, 0.25) is 0 Å². The number of rotatable bonds is 16. The third kappa shape index (κ3) is 9.49. The van der Waals surface area contributed by atoms with Crippen LogP contribution in [0.1, 0.15) is 109 Å². The van der Waals surface area contributed by atoms with E-state index in [9.17, 15) is 28.4 Å². The van der Waals surface area contributed by atoms with Gasteiger partial charge < -0.3 is 30.5 Å². The van der Waals surface area contributed by atoms with Gasteiger partial charge in [-0.1, -0.05) is 18.9 Å². The molecule has 3 aromatic heterocycles. The number of benzene rings is 1. The number of hydrogen-bond donors (Lipinski definition) is 4. The van der Waals surface area contributed by atoms with Gasteiger partial charge in [0.25, 0.3) is 17.7 Å². The fourth-order valence-electron chi connectivity index (χ4n) is 8.95. The first-order valence-electron chi connectivity index (χ1n) is 22.0. The van der Waals surface area contributed by atoms with Gasteiger partial charge in [-0.3, -0.25) is 38.9 Å². The van der Waals surface area contributed by atoms with Gasteiger partial charge in [0, 0.05) is 75.9 Å². The van der Waals surface area contributed by atoms with Crippen molar-refractivity contribution in [3.8, 4) is 0 Å². The molecule has 63 heavy (non-hydrogen) atoms. The van der Waals surface area contributed by atoms with Crippen LogP contribution in [0.4, 0.5) is 27.7 Å². The number of methoxy groups -OCH3 is 1. The van der Waals surface area contributed by atoms with E-state index in [0.717, 1.165) is 68.6 Å². The molecule has 8 rings (SSSR count). The van der Waals surface area contributed by atoms with Gasteiger partial charge in [0.15, 0.2) is 5.69 Å². The van der Waals surface area contributed by atoms with Crippen LogP contribution in [-0.2, 0) is 14.3 Å². The number of nitrogens with zero attached hydrogens (tertiary/aromatic N) is 8. The number of fused-ring (bicyclic) bond motifs is 2. The monoisotopic (exact) mass is 866 g/mol. The molecule has 1 unspecified atom stereocenters. The highest BCUT2D eigenvalue weighted by Gasteiger charge is 2.45. The number of nitrogens with one attached hydrogen (secondary N) is 4. The number of pyridine rings is 1. The molecule has 0 saturated carbocycles. The predicted molar refractivity (Wildman–Crippen MR) is 233 cm³/mol. The lowest BCUT2D eigenvalue weighted by Crippen LogP contribution is -2.54. The molecule has 4 aliphatic heterocycles. The number of unbranched alkanes of at least 4 members (excludes halogenated alkanes) is 3. The summed E-state index contributed by atoms with van der Waals surface area (Å²) >= 11 is 0. The summed E-state index contributed by atoms with van der Waals surface area (Å²) in [5.41, 5.74) is 2.21. The van der Waals surface area contributed by atoms with E-state index in [1.807, 2.05) is 29.5 Å². The lowest BCUT2D eigenvalue weighted by Gasteiger charge is -2.33. The number of ether oxygens (including phenoxy) is 1. The van der Waals surface area contributed by atoms with Crippen LogP contribution in [0.5, 0.6) is 0 Å². The standard InChI is InChI=1S/C44H55FN12O6/c1-26(2)57-33-23-36(50-35-13-18-47-44(51-35)55-22-16-34(63-3)30(45)25-55)48-24-29(33)39(53-57)41(60)49-27-14-20-54(21-15-27)19-7-5-4-6-17-46-31-10-8-9-28-38(31)43(62)56(42(28)61)32-11-12-37(58)52-40(32)59/h8-10,13,18,23-24,26-27,30,32,34,46H,4-7,11-12,14-17,19-22,25H2,1-3H3,(H,49,60)(H,52,58,59)(H,47,48,50,51)/t30-,32?,34+/m0/s1. The summed E-state index contributed by atoms with van der Waals surface area (Å²) in [7, 11) is 1.53. The number of amides is 5. The van der Waals surface area contributed by atoms with E-state index < -0.39 is 41.9 Å². The van der Waals surface area contributed by atoms with Crippen molar-refractivity contribution in [2.24, 2.45) is 0 Å². The van der Waals surface area contributed by atoms with Gasteiger partial charge in [0.2, 0.25) is 17.8 Å². The molecule has 0 radical (unpaired) electrons. The van der Waals surface area contributed by atoms with Crippen molar-refractivity contribution in [2.75, 3.05) is 61.9 Å². The maximum atomic E-state index is 14.6. The first-order valence-corrected chi connectivity index (χ1v) is 22.0. The highest BCUT2D eigenvalue weighted by atomic mass is 19.1. The number of hydrogen-bond acceptors (Lipinski definition) is 14. The van der Waals surface area contributed by atoms with Gasteiger partial charge in [0.1, 0.15) is 23.8 Å². The lowest BCUT2D eigenvalue weighted by molar-refractivity contribution is -0.136. The molecule has 0 bridgehead atoms. The molecule has 334 valence electrons. The van der Waals surface area contributed by atoms with Gasteiger partial charge in [-0.2, -0.15) is 10.1 Å². The molecule has 19 heteroatoms. The highest BCUT2D eigenvalue weighted by Crippen LogP contribution is 2.33. The summed E-state index contributed by atoms with van der Waals surface area (Å²) in [6.07, 6.45) is 8.11. The van der Waals surface area contributed by atoms with Crippen LogP contribution >= 0.6 is 0 Å². The van der Waals surface area contributed by atoms with Gasteiger partial charge >= 0.3 is 0 Å². The zero-order valence-corrected chi connectivity index (χ0v) is 35.9. The summed E-state index contributed by atoms with van der Waals surface area (Å²) in [5.74, 6) is -0.817. The summed E-state index contributed by atoms with van der Waals surface area (Å²) in [5, 5.41) is 17.4. The number of aromatic nitrogens is 5. The van der Waals surface area contributed by atoms with E-state index in [2.05, 4.69) is 41.1 Å². The molecule has 1 aromatic carbocycles. The molecule has 3 fully saturated rings. The van der Waals surface area contributed by atoms with Crippen molar-refractivity contribution in [1.29, 1.82) is 0 Å². The lowest BCUT2D eigenvalue weighted by atomic mass is 10.0. The molecular formula is C44H55FN12O6. The second-order valence-electron chi connectivity index (χ2n) is 17.0. The molecule has 5 amide bonds. The Bertz CT molecular complexity index is 2370. The molecule has 7 heterocycles. The Kier molecular flexibility index (Phi) is 13.2. The Morgan fingerprint density at radius 1 is 0.968 bits per heavy atom. The van der Waals surface area contributed by atoms with Crippen molar-refractivity contribution in [1.82, 2.24) is 45.2 Å². The molecule has 3 atom stereocenters. The quantitative estimate of drug-likeness (QED) is 0.0911. The van der Waals surface area contributed by atoms with E-state index in [1.54, 1.807) is 36.7 Å². The van der Waals surface area contributed by atoms with Gasteiger partial charge in [-0.15, -0.1) is 0 Å². The largest absolute Gasteiger partial charge is 0.384 e. The second kappa shape index (κ2) is 19.1. The van der Waals surface area contributed by atoms with Crippen molar-refractivity contribution in [3.05, 3.63) is 59.5 Å². The first kappa shape index (κ1) is 43.6. The molecule has 4 aromatic rings. The van der Waals surface area contributed by atoms with Crippen LogP contribution in [0.25, 0.3) is 10.9 Å². The molecule has 4 N–H and O–H groups in total. The summed E-state index contributed by atoms with van der Waals surface area (Å²) < 4.78 is 21.7. The van der Waals surface area contributed by atoms with Gasteiger partial charge in [0.05, 0.1) is 34.7 Å². The number of carbonyl (C=O) groups is 5. The smallest absolute Gasteiger partial charge is 0.272 e. The molecule has 18 nitrogen and oxygen atoms in total. The number of likely N-dealkylation sites (tertiary alicyclic amines) is 1. The van der Waals surface area contributed by atoms with Crippen LogP contribution in [0.15, 0.2) is 42.7 Å². The third-order valence-corrected chi connectivity index (χ3v) is 12.4. The maximum absolute atomic E-state index is 14.6. The molecule has 3 saturated heterocycles. The zero-order valence-electron chi connectivity index (χ0n) is 35.9. The van der Waals surface area contributed by atoms with Gasteiger partial charge in [-0.05, 0) is 77.1 Å². The SMILES string of the molecule is CO[C@@H]1CCN(c2nccc(Nc3cc4c(cn3)c(C(=O)NC3CCN(CCCCCCNc5cccc6c5C(=O)N(C5CCC(=O)NC5=O)C6=O)CC3)nn4C(C)C)n2)C[C@@H]1F. The summed E-state index contributed by atoms with van der Waals surface area (Å²) in [6, 6.07) is 7.70. The molecule has 4 aliphatic rings. The predicted octanol–water partition coefficient (Wildman–Crippen LogP) is 4.38. The Morgan fingerprint density at radius 2 is 1.78 bits per heavy atom. The average Bonchev–Trinajstić information content (AvgIpc) is 3.78. The van der Waals surface area contributed by atoms with Crippen LogP contribution < -0.4 is 26.2 Å². The fraction of sp³-hybridized carbons (Fsp3) is 0.523. The van der Waals surface area contributed by atoms with Crippen molar-refractivity contribution < 1.29 is 33.1 Å². The Morgan fingerprint density at radius 3 is 2.54 bits per heavy atom. The normalized spacial score (nSPS) is 21.0. The third-order valence-electron chi connectivity index (χ3n) is 12.4. The number of imide groups is 2. The second-order valence-corrected chi connectivity index (χ2v) is 17.0. The van der Waals surface area contributed by atoms with E-state index in [0.29, 0.717) is 53.9 Å². The summed E-state index contributed by atoms with van der Waals surface area (Å²) in [4.78, 5) is 83.1. The Hall–Kier alpha value is -6.08. The van der Waals surface area contributed by atoms with Crippen LogP contribution in [0, 0.1) is 0 Å². The van der Waals surface area contributed by atoms with E-state index in [1.165, 1.54) is 7.11 Å². The van der Waals surface area contributed by atoms with E-state index in [4.69, 9.17) is 9.84 Å². The maximum Gasteiger partial charge on any atom is 0.272 e. The minimum absolute atomic E-state index is 0.0137. The molecule has 0 aliphatic carbocycles. The topological polar surface area (TPSA) is 209 Å². The number of carbonyl (C=O) groups excluding carboxylic acids is 5. The Balaban J connectivity index is 0.770. The zero-order chi connectivity index (χ0) is 44.2. The summed E-state index contributed by atoms with van der Waals surface area (Å²) in [6.45, 7) is 8.14. The Labute approximate surface area is 364 Å². The van der Waals surface area contributed by atoms with Crippen molar-refractivity contribution >= 4 is 63.7 Å². The van der Waals surface area contributed by atoms with E-state index >= 15 is 0 Å². The van der Waals surface area contributed by atoms with E-state index in [-0.39, 0.29) is 48.5 Å². The van der Waals surface area contributed by atoms with Gasteiger partial charge in [-0.25, -0.2) is 14.4 Å². The van der Waals surface area contributed by atoms with Crippen LogP contribution in [0.3, 0.4) is 0 Å².